The summed E-state index contributed by atoms with van der Waals surface area (Å²) in [5.74, 6) is -0.460. The molecule has 7 nitrogen and oxygen atoms in total. The quantitative estimate of drug-likeness (QED) is 0.475. The van der Waals surface area contributed by atoms with E-state index in [-0.39, 0.29) is 24.8 Å². The SMILES string of the molecule is CCOC(=O)c1nnn(/N=C\c2ccc(C)cc2)c1OCc1ccccc1. The highest BCUT2D eigenvalue weighted by Gasteiger charge is 2.22. The Labute approximate surface area is 157 Å². The lowest BCUT2D eigenvalue weighted by Crippen LogP contribution is -2.09. The standard InChI is InChI=1S/C20H20N4O3/c1-3-26-20(25)18-19(27-14-17-7-5-4-6-8-17)24(23-22-18)21-13-16-11-9-15(2)10-12-16/h4-13H,3,14H2,1-2H3/b21-13-. The van der Waals surface area contributed by atoms with Crippen LogP contribution in [0.4, 0.5) is 0 Å². The molecule has 3 rings (SSSR count). The summed E-state index contributed by atoms with van der Waals surface area (Å²) in [5.41, 5.74) is 2.99. The van der Waals surface area contributed by atoms with Crippen LogP contribution >= 0.6 is 0 Å². The Balaban J connectivity index is 1.85. The minimum Gasteiger partial charge on any atom is -0.470 e. The van der Waals surface area contributed by atoms with Crippen LogP contribution in [0.15, 0.2) is 59.7 Å². The molecule has 138 valence electrons. The maximum absolute atomic E-state index is 12.1. The summed E-state index contributed by atoms with van der Waals surface area (Å²) in [6.45, 7) is 4.22. The van der Waals surface area contributed by atoms with Crippen molar-refractivity contribution in [1.29, 1.82) is 0 Å². The van der Waals surface area contributed by atoms with E-state index in [4.69, 9.17) is 9.47 Å². The molecule has 27 heavy (non-hydrogen) atoms. The minimum atomic E-state index is -0.600. The van der Waals surface area contributed by atoms with Crippen molar-refractivity contribution in [3.8, 4) is 5.88 Å². The number of rotatable bonds is 7. The van der Waals surface area contributed by atoms with Crippen molar-refractivity contribution < 1.29 is 14.3 Å². The number of nitrogens with zero attached hydrogens (tertiary/aromatic N) is 4. The van der Waals surface area contributed by atoms with Crippen molar-refractivity contribution in [2.45, 2.75) is 20.5 Å². The number of hydrogen-bond donors (Lipinski definition) is 0. The highest BCUT2D eigenvalue weighted by atomic mass is 16.5. The van der Waals surface area contributed by atoms with E-state index in [9.17, 15) is 4.79 Å². The third-order valence-corrected chi connectivity index (χ3v) is 3.69. The molecule has 0 radical (unpaired) electrons. The lowest BCUT2D eigenvalue weighted by Gasteiger charge is -2.07. The lowest BCUT2D eigenvalue weighted by molar-refractivity contribution is 0.0513. The van der Waals surface area contributed by atoms with E-state index in [1.165, 1.54) is 4.79 Å². The molecular weight excluding hydrogens is 344 g/mol. The van der Waals surface area contributed by atoms with Crippen molar-refractivity contribution in [3.05, 3.63) is 77.0 Å². The first kappa shape index (κ1) is 18.3. The maximum Gasteiger partial charge on any atom is 0.364 e. The monoisotopic (exact) mass is 364 g/mol. The number of ether oxygens (including phenoxy) is 2. The van der Waals surface area contributed by atoms with Crippen LogP contribution in [0.5, 0.6) is 5.88 Å². The van der Waals surface area contributed by atoms with Crippen LogP contribution in [-0.2, 0) is 11.3 Å². The van der Waals surface area contributed by atoms with E-state index in [0.717, 1.165) is 16.7 Å². The zero-order valence-electron chi connectivity index (χ0n) is 15.2. The summed E-state index contributed by atoms with van der Waals surface area (Å²) in [6, 6.07) is 17.4. The van der Waals surface area contributed by atoms with E-state index >= 15 is 0 Å². The first-order valence-electron chi connectivity index (χ1n) is 8.58. The molecule has 3 aromatic rings. The summed E-state index contributed by atoms with van der Waals surface area (Å²) in [6.07, 6.45) is 1.62. The van der Waals surface area contributed by atoms with Gasteiger partial charge in [0.05, 0.1) is 12.8 Å². The van der Waals surface area contributed by atoms with Gasteiger partial charge in [0.15, 0.2) is 0 Å². The third kappa shape index (κ3) is 4.78. The zero-order chi connectivity index (χ0) is 19.1. The third-order valence-electron chi connectivity index (χ3n) is 3.69. The molecule has 1 aromatic heterocycles. The minimum absolute atomic E-state index is 0.00571. The fraction of sp³-hybridized carbons (Fsp3) is 0.200. The van der Waals surface area contributed by atoms with E-state index in [2.05, 4.69) is 15.4 Å². The fourth-order valence-corrected chi connectivity index (χ4v) is 2.29. The van der Waals surface area contributed by atoms with Crippen molar-refractivity contribution >= 4 is 12.2 Å². The predicted molar refractivity (Wildman–Crippen MR) is 101 cm³/mol. The van der Waals surface area contributed by atoms with E-state index in [1.807, 2.05) is 61.5 Å². The molecule has 7 heteroatoms. The lowest BCUT2D eigenvalue weighted by atomic mass is 10.2. The number of carbonyl (C=O) groups excluding carboxylic acids is 1. The number of carbonyl (C=O) groups is 1. The van der Waals surface area contributed by atoms with Crippen LogP contribution in [-0.4, -0.2) is 33.9 Å². The Bertz CT molecular complexity index is 918. The summed E-state index contributed by atoms with van der Waals surface area (Å²) in [5, 5.41) is 12.0. The first-order valence-corrected chi connectivity index (χ1v) is 8.58. The molecule has 1 heterocycles. The van der Waals surface area contributed by atoms with E-state index in [0.29, 0.717) is 0 Å². The number of hydrogen-bond acceptors (Lipinski definition) is 6. The summed E-state index contributed by atoms with van der Waals surface area (Å²) >= 11 is 0. The van der Waals surface area contributed by atoms with Gasteiger partial charge in [-0.25, -0.2) is 4.79 Å². The van der Waals surface area contributed by atoms with Crippen molar-refractivity contribution in [3.63, 3.8) is 0 Å². The van der Waals surface area contributed by atoms with Crippen LogP contribution in [0.2, 0.25) is 0 Å². The Hall–Kier alpha value is -3.48. The molecule has 0 spiro atoms. The van der Waals surface area contributed by atoms with Crippen LogP contribution in [0, 0.1) is 6.92 Å². The van der Waals surface area contributed by atoms with E-state index < -0.39 is 5.97 Å². The first-order chi connectivity index (χ1) is 13.2. The summed E-state index contributed by atoms with van der Waals surface area (Å²) in [4.78, 5) is 13.3. The van der Waals surface area contributed by atoms with Gasteiger partial charge in [-0.1, -0.05) is 65.0 Å². The molecule has 0 bridgehead atoms. The topological polar surface area (TPSA) is 78.6 Å². The molecule has 0 aliphatic rings. The van der Waals surface area contributed by atoms with Crippen molar-refractivity contribution in [2.24, 2.45) is 5.10 Å². The second kappa shape index (κ2) is 8.75. The Morgan fingerprint density at radius 2 is 1.89 bits per heavy atom. The smallest absolute Gasteiger partial charge is 0.364 e. The number of esters is 1. The molecule has 0 saturated heterocycles. The Morgan fingerprint density at radius 1 is 1.15 bits per heavy atom. The summed E-state index contributed by atoms with van der Waals surface area (Å²) in [7, 11) is 0. The molecule has 2 aromatic carbocycles. The molecule has 0 unspecified atom stereocenters. The van der Waals surface area contributed by atoms with Crippen LogP contribution in [0.25, 0.3) is 0 Å². The molecule has 0 aliphatic heterocycles. The van der Waals surface area contributed by atoms with Crippen molar-refractivity contribution in [2.75, 3.05) is 6.61 Å². The largest absolute Gasteiger partial charge is 0.470 e. The van der Waals surface area contributed by atoms with Gasteiger partial charge in [0.25, 0.3) is 5.88 Å². The molecule has 0 amide bonds. The second-order valence-electron chi connectivity index (χ2n) is 5.78. The second-order valence-corrected chi connectivity index (χ2v) is 5.78. The van der Waals surface area contributed by atoms with Gasteiger partial charge < -0.3 is 9.47 Å². The number of aromatic nitrogens is 3. The van der Waals surface area contributed by atoms with E-state index in [1.54, 1.807) is 13.1 Å². The van der Waals surface area contributed by atoms with Gasteiger partial charge in [0.2, 0.25) is 5.69 Å². The fourth-order valence-electron chi connectivity index (χ4n) is 2.29. The van der Waals surface area contributed by atoms with Gasteiger partial charge >= 0.3 is 5.97 Å². The molecule has 0 N–H and O–H groups in total. The number of benzene rings is 2. The normalized spacial score (nSPS) is 10.9. The van der Waals surface area contributed by atoms with Crippen LogP contribution in [0.3, 0.4) is 0 Å². The van der Waals surface area contributed by atoms with Crippen molar-refractivity contribution in [1.82, 2.24) is 15.1 Å². The maximum atomic E-state index is 12.1. The van der Waals surface area contributed by atoms with Crippen LogP contribution < -0.4 is 4.74 Å². The molecule has 0 atom stereocenters. The highest BCUT2D eigenvalue weighted by molar-refractivity contribution is 5.89. The summed E-state index contributed by atoms with van der Waals surface area (Å²) < 4.78 is 10.8. The highest BCUT2D eigenvalue weighted by Crippen LogP contribution is 2.18. The van der Waals surface area contributed by atoms with Gasteiger partial charge in [-0.05, 0) is 30.2 Å². The van der Waals surface area contributed by atoms with Gasteiger partial charge in [0, 0.05) is 0 Å². The molecule has 0 aliphatic carbocycles. The molecule has 0 fully saturated rings. The molecular formula is C20H20N4O3. The number of aryl methyl sites for hydroxylation is 1. The van der Waals surface area contributed by atoms with Crippen LogP contribution in [0.1, 0.15) is 34.1 Å². The zero-order valence-corrected chi connectivity index (χ0v) is 15.2. The Morgan fingerprint density at radius 3 is 2.59 bits per heavy atom. The molecule has 0 saturated carbocycles. The predicted octanol–water partition coefficient (Wildman–Crippen LogP) is 3.22. The van der Waals surface area contributed by atoms with Gasteiger partial charge in [-0.3, -0.25) is 0 Å². The van der Waals surface area contributed by atoms with Gasteiger partial charge in [-0.2, -0.15) is 5.10 Å². The van der Waals surface area contributed by atoms with Gasteiger partial charge in [-0.15, -0.1) is 5.10 Å². The van der Waals surface area contributed by atoms with Gasteiger partial charge in [0.1, 0.15) is 6.61 Å². The Kier molecular flexibility index (Phi) is 5.94. The average Bonchev–Trinajstić information content (AvgIpc) is 3.10. The average molecular weight is 364 g/mol.